The van der Waals surface area contributed by atoms with Crippen molar-refractivity contribution in [1.82, 2.24) is 4.90 Å². The number of rotatable bonds is 11. The smallest absolute Gasteiger partial charge is 0.310 e. The summed E-state index contributed by atoms with van der Waals surface area (Å²) in [4.78, 5) is 42.1. The molecule has 3 unspecified atom stereocenters. The average Bonchev–Trinajstić information content (AvgIpc) is 2.89. The van der Waals surface area contributed by atoms with E-state index in [1.807, 2.05) is 32.6 Å². The van der Waals surface area contributed by atoms with Crippen molar-refractivity contribution in [2.24, 2.45) is 29.0 Å². The normalized spacial score (nSPS) is 21.6. The highest BCUT2D eigenvalue weighted by Gasteiger charge is 2.44. The first-order valence-electron chi connectivity index (χ1n) is 14.2. The topological polar surface area (TPSA) is 165 Å². The van der Waals surface area contributed by atoms with E-state index < -0.39 is 46.9 Å². The first-order valence-corrected chi connectivity index (χ1v) is 14.2. The second-order valence-corrected chi connectivity index (χ2v) is 12.3. The van der Waals surface area contributed by atoms with Crippen LogP contribution < -0.4 is 22.1 Å². The fraction of sp³-hybridized carbons (Fsp3) is 0.690. The molecule has 40 heavy (non-hydrogen) atoms. The molecular formula is C29H46FN5O5. The number of esters is 1. The van der Waals surface area contributed by atoms with Crippen molar-refractivity contribution in [3.8, 4) is 0 Å². The molecule has 1 aliphatic carbocycles. The molecule has 0 aromatic heterocycles. The van der Waals surface area contributed by atoms with Crippen LogP contribution in [0.3, 0.4) is 0 Å². The monoisotopic (exact) mass is 563 g/mol. The van der Waals surface area contributed by atoms with E-state index in [1.165, 1.54) is 12.1 Å². The molecule has 1 heterocycles. The summed E-state index contributed by atoms with van der Waals surface area (Å²) >= 11 is 0. The van der Waals surface area contributed by atoms with Crippen molar-refractivity contribution >= 4 is 23.5 Å². The number of amides is 2. The van der Waals surface area contributed by atoms with Crippen LogP contribution >= 0.6 is 0 Å². The van der Waals surface area contributed by atoms with Crippen molar-refractivity contribution < 1.29 is 28.6 Å². The average molecular weight is 564 g/mol. The molecule has 1 aliphatic heterocycles. The second kappa shape index (κ2) is 12.9. The van der Waals surface area contributed by atoms with Gasteiger partial charge in [0.15, 0.2) is 5.60 Å². The van der Waals surface area contributed by atoms with E-state index in [1.54, 1.807) is 11.0 Å². The number of aliphatic hydroxyl groups is 1. The number of nitrogens with zero attached hydrogens (tertiary/aromatic N) is 2. The molecule has 1 saturated carbocycles. The maximum Gasteiger partial charge on any atom is 0.310 e. The highest BCUT2D eigenvalue weighted by atomic mass is 19.1. The quantitative estimate of drug-likeness (QED) is 0.296. The van der Waals surface area contributed by atoms with Crippen LogP contribution in [0.4, 0.5) is 10.1 Å². The third kappa shape index (κ3) is 7.18. The van der Waals surface area contributed by atoms with Crippen molar-refractivity contribution in [2.75, 3.05) is 24.5 Å². The van der Waals surface area contributed by atoms with E-state index in [2.05, 4.69) is 0 Å². The lowest BCUT2D eigenvalue weighted by Gasteiger charge is -2.48. The first-order chi connectivity index (χ1) is 18.7. The van der Waals surface area contributed by atoms with Gasteiger partial charge in [-0.15, -0.1) is 0 Å². The number of ether oxygens (including phenoxy) is 1. The summed E-state index contributed by atoms with van der Waals surface area (Å²) in [7, 11) is 0. The number of piperazine rings is 1. The lowest BCUT2D eigenvalue weighted by Crippen LogP contribution is -2.64. The Labute approximate surface area is 236 Å². The van der Waals surface area contributed by atoms with E-state index in [0.29, 0.717) is 24.1 Å². The molecule has 11 heteroatoms. The number of benzene rings is 1. The molecule has 1 aromatic carbocycles. The predicted octanol–water partition coefficient (Wildman–Crippen LogP) is 1.79. The van der Waals surface area contributed by atoms with Crippen molar-refractivity contribution in [3.05, 3.63) is 29.6 Å². The number of halogens is 1. The number of hydrogen-bond donors (Lipinski definition) is 4. The summed E-state index contributed by atoms with van der Waals surface area (Å²) in [6.07, 6.45) is 2.25. The van der Waals surface area contributed by atoms with Gasteiger partial charge in [-0.2, -0.15) is 0 Å². The van der Waals surface area contributed by atoms with E-state index >= 15 is 0 Å². The Balaban J connectivity index is 1.67. The number of anilines is 1. The number of aliphatic hydroxyl groups excluding tert-OH is 1. The number of carbonyl (C=O) groups is 3. The number of primary amides is 1. The van der Waals surface area contributed by atoms with Gasteiger partial charge in [-0.1, -0.05) is 26.3 Å². The molecule has 3 rings (SSSR count). The minimum absolute atomic E-state index is 0.0186. The largest absolute Gasteiger partial charge is 0.449 e. The molecule has 2 aliphatic rings. The summed E-state index contributed by atoms with van der Waals surface area (Å²) in [5, 5.41) is 11.1. The summed E-state index contributed by atoms with van der Waals surface area (Å²) in [6.45, 7) is 8.28. The van der Waals surface area contributed by atoms with Crippen LogP contribution in [0.1, 0.15) is 71.8 Å². The Morgan fingerprint density at radius 1 is 1.18 bits per heavy atom. The molecule has 2 fully saturated rings. The van der Waals surface area contributed by atoms with Gasteiger partial charge in [-0.3, -0.25) is 19.3 Å². The van der Waals surface area contributed by atoms with Gasteiger partial charge in [0.1, 0.15) is 5.82 Å². The number of carbonyl (C=O) groups excluding carboxylic acids is 3. The SMILES string of the molecule is CC(C)C(CC(O)C(N)CN1CC(=O)N(c2cc(F)ccc2CN)CC1(C)C)C(=O)OC1(C(N)=O)CCCCC1. The molecule has 7 N–H and O–H groups in total. The van der Waals surface area contributed by atoms with Crippen molar-refractivity contribution in [1.29, 1.82) is 0 Å². The lowest BCUT2D eigenvalue weighted by molar-refractivity contribution is -0.177. The summed E-state index contributed by atoms with van der Waals surface area (Å²) in [5.41, 5.74) is 17.2. The van der Waals surface area contributed by atoms with Crippen LogP contribution in [0.25, 0.3) is 0 Å². The minimum Gasteiger partial charge on any atom is -0.449 e. The fourth-order valence-electron chi connectivity index (χ4n) is 5.77. The molecule has 10 nitrogen and oxygen atoms in total. The highest BCUT2D eigenvalue weighted by Crippen LogP contribution is 2.34. The van der Waals surface area contributed by atoms with E-state index in [-0.39, 0.29) is 44.4 Å². The Hall–Kier alpha value is -2.60. The van der Waals surface area contributed by atoms with Crippen molar-refractivity contribution in [2.45, 2.75) is 96.1 Å². The van der Waals surface area contributed by atoms with Gasteiger partial charge >= 0.3 is 5.97 Å². The maximum absolute atomic E-state index is 14.0. The lowest BCUT2D eigenvalue weighted by atomic mass is 9.83. The first kappa shape index (κ1) is 31.9. The molecule has 224 valence electrons. The van der Waals surface area contributed by atoms with Gasteiger partial charge in [0, 0.05) is 31.2 Å². The van der Waals surface area contributed by atoms with E-state index in [0.717, 1.165) is 19.3 Å². The third-order valence-corrected chi connectivity index (χ3v) is 8.52. The zero-order chi connectivity index (χ0) is 29.8. The van der Waals surface area contributed by atoms with Crippen LogP contribution in [-0.2, 0) is 25.7 Å². The van der Waals surface area contributed by atoms with Crippen LogP contribution in [-0.4, -0.2) is 70.7 Å². The van der Waals surface area contributed by atoms with E-state index in [9.17, 15) is 23.9 Å². The molecule has 3 atom stereocenters. The van der Waals surface area contributed by atoms with Crippen molar-refractivity contribution in [3.63, 3.8) is 0 Å². The zero-order valence-corrected chi connectivity index (χ0v) is 24.2. The number of nitrogens with two attached hydrogens (primary N) is 3. The summed E-state index contributed by atoms with van der Waals surface area (Å²) < 4.78 is 19.8. The molecule has 1 aromatic rings. The van der Waals surface area contributed by atoms with Crippen LogP contribution in [0.15, 0.2) is 18.2 Å². The summed E-state index contributed by atoms with van der Waals surface area (Å²) in [5.74, 6) is -2.73. The highest BCUT2D eigenvalue weighted by molar-refractivity contribution is 5.96. The second-order valence-electron chi connectivity index (χ2n) is 12.3. The van der Waals surface area contributed by atoms with Gasteiger partial charge in [0.25, 0.3) is 5.91 Å². The minimum atomic E-state index is -1.30. The zero-order valence-electron chi connectivity index (χ0n) is 24.2. The molecule has 0 bridgehead atoms. The Kier molecular flexibility index (Phi) is 10.3. The van der Waals surface area contributed by atoms with Gasteiger partial charge in [-0.25, -0.2) is 4.39 Å². The standard InChI is InChI=1S/C29H46FN5O5/c1-18(2)21(26(38)40-29(27(33)39)10-6-5-7-11-29)13-24(36)22(32)15-34-16-25(37)35(17-28(34,3)4)23-12-20(30)9-8-19(23)14-31/h8-9,12,18,21-22,24,36H,5-7,10-11,13-17,31-32H2,1-4H3,(H2,33,39). The van der Waals surface area contributed by atoms with Crippen LogP contribution in [0.2, 0.25) is 0 Å². The van der Waals surface area contributed by atoms with Crippen LogP contribution in [0, 0.1) is 17.7 Å². The van der Waals surface area contributed by atoms with Gasteiger partial charge in [0.05, 0.1) is 24.3 Å². The summed E-state index contributed by atoms with van der Waals surface area (Å²) in [6, 6.07) is 3.46. The van der Waals surface area contributed by atoms with Gasteiger partial charge in [-0.05, 0) is 69.6 Å². The van der Waals surface area contributed by atoms with Gasteiger partial charge < -0.3 is 31.9 Å². The predicted molar refractivity (Wildman–Crippen MR) is 150 cm³/mol. The fourth-order valence-corrected chi connectivity index (χ4v) is 5.77. The maximum atomic E-state index is 14.0. The van der Waals surface area contributed by atoms with Crippen LogP contribution in [0.5, 0.6) is 0 Å². The third-order valence-electron chi connectivity index (χ3n) is 8.52. The molecule has 0 spiro atoms. The molecule has 1 saturated heterocycles. The molecule has 0 radical (unpaired) electrons. The number of hydrogen-bond acceptors (Lipinski definition) is 8. The van der Waals surface area contributed by atoms with Gasteiger partial charge in [0.2, 0.25) is 5.91 Å². The Morgan fingerprint density at radius 3 is 2.40 bits per heavy atom. The molecule has 2 amide bonds. The van der Waals surface area contributed by atoms with E-state index in [4.69, 9.17) is 21.9 Å². The molecular weight excluding hydrogens is 517 g/mol. The Bertz CT molecular complexity index is 1070. The Morgan fingerprint density at radius 2 is 1.82 bits per heavy atom.